The Hall–Kier alpha value is -0.830. The van der Waals surface area contributed by atoms with E-state index in [0.29, 0.717) is 5.92 Å². The van der Waals surface area contributed by atoms with Gasteiger partial charge in [0.2, 0.25) is 0 Å². The van der Waals surface area contributed by atoms with Crippen LogP contribution in [0.5, 0.6) is 0 Å². The van der Waals surface area contributed by atoms with Crippen LogP contribution in [0, 0.1) is 5.92 Å². The second-order valence-electron chi connectivity index (χ2n) is 5.99. The van der Waals surface area contributed by atoms with E-state index in [4.69, 9.17) is 0 Å². The van der Waals surface area contributed by atoms with Gasteiger partial charge in [0.05, 0.1) is 6.33 Å². The Morgan fingerprint density at radius 1 is 1.28 bits per heavy atom. The van der Waals surface area contributed by atoms with Gasteiger partial charge in [-0.1, -0.05) is 25.7 Å². The third-order valence-corrected chi connectivity index (χ3v) is 4.71. The molecule has 2 fully saturated rings. The number of hydrogen-bond acceptors (Lipinski definition) is 2. The minimum Gasteiger partial charge on any atom is -0.334 e. The summed E-state index contributed by atoms with van der Waals surface area (Å²) >= 11 is 0. The predicted molar refractivity (Wildman–Crippen MR) is 73.6 cm³/mol. The molecule has 3 heteroatoms. The Morgan fingerprint density at radius 3 is 2.94 bits per heavy atom. The van der Waals surface area contributed by atoms with Gasteiger partial charge in [0, 0.05) is 30.9 Å². The molecule has 1 unspecified atom stereocenters. The molecule has 2 heterocycles. The minimum atomic E-state index is 0.694. The Bertz CT molecular complexity index is 360. The molecule has 0 spiro atoms. The summed E-state index contributed by atoms with van der Waals surface area (Å²) in [5.41, 5.74) is 1.45. The molecule has 0 amide bonds. The number of imidazole rings is 1. The monoisotopic (exact) mass is 247 g/mol. The lowest BCUT2D eigenvalue weighted by molar-refractivity contribution is 0.452. The molecule has 1 saturated heterocycles. The molecular formula is C15H25N3. The van der Waals surface area contributed by atoms with Crippen LogP contribution in [-0.4, -0.2) is 22.6 Å². The molecule has 0 aromatic carbocycles. The average molecular weight is 247 g/mol. The summed E-state index contributed by atoms with van der Waals surface area (Å²) in [6, 6.07) is 0. The van der Waals surface area contributed by atoms with Gasteiger partial charge in [0.25, 0.3) is 0 Å². The van der Waals surface area contributed by atoms with E-state index < -0.39 is 0 Å². The Balaban J connectivity index is 1.51. The van der Waals surface area contributed by atoms with Gasteiger partial charge >= 0.3 is 0 Å². The van der Waals surface area contributed by atoms with Crippen molar-refractivity contribution in [3.05, 3.63) is 18.2 Å². The van der Waals surface area contributed by atoms with E-state index in [1.165, 1.54) is 57.2 Å². The van der Waals surface area contributed by atoms with Gasteiger partial charge < -0.3 is 9.88 Å². The van der Waals surface area contributed by atoms with Crippen molar-refractivity contribution in [1.29, 1.82) is 0 Å². The molecule has 1 aliphatic carbocycles. The molecule has 1 atom stereocenters. The number of nitrogens with zero attached hydrogens (tertiary/aromatic N) is 2. The molecular weight excluding hydrogens is 222 g/mol. The summed E-state index contributed by atoms with van der Waals surface area (Å²) in [4.78, 5) is 4.35. The number of aromatic nitrogens is 2. The number of hydrogen-bond donors (Lipinski definition) is 1. The summed E-state index contributed by atoms with van der Waals surface area (Å²) in [6.45, 7) is 3.47. The molecule has 1 aromatic rings. The molecule has 1 saturated carbocycles. The van der Waals surface area contributed by atoms with Crippen molar-refractivity contribution in [1.82, 2.24) is 14.9 Å². The zero-order valence-corrected chi connectivity index (χ0v) is 11.3. The maximum absolute atomic E-state index is 4.35. The van der Waals surface area contributed by atoms with Gasteiger partial charge in [-0.3, -0.25) is 0 Å². The van der Waals surface area contributed by atoms with Crippen LogP contribution in [0.2, 0.25) is 0 Å². The normalized spacial score (nSPS) is 25.0. The molecule has 18 heavy (non-hydrogen) atoms. The van der Waals surface area contributed by atoms with Gasteiger partial charge in [0.15, 0.2) is 0 Å². The van der Waals surface area contributed by atoms with E-state index in [0.717, 1.165) is 19.0 Å². The van der Waals surface area contributed by atoms with Crippen molar-refractivity contribution >= 4 is 0 Å². The van der Waals surface area contributed by atoms with Crippen molar-refractivity contribution in [2.75, 3.05) is 13.1 Å². The zero-order chi connectivity index (χ0) is 12.2. The SMILES string of the molecule is c1ncn(CCCC2CCCC2)c1C1CCNC1. The average Bonchev–Trinajstić information content (AvgIpc) is 3.12. The quantitative estimate of drug-likeness (QED) is 0.867. The molecule has 1 N–H and O–H groups in total. The molecule has 3 rings (SSSR count). The lowest BCUT2D eigenvalue weighted by Crippen LogP contribution is -2.12. The summed E-state index contributed by atoms with van der Waals surface area (Å²) < 4.78 is 2.40. The van der Waals surface area contributed by atoms with E-state index in [9.17, 15) is 0 Å². The topological polar surface area (TPSA) is 29.9 Å². The number of rotatable bonds is 5. The van der Waals surface area contributed by atoms with Crippen LogP contribution in [-0.2, 0) is 6.54 Å². The van der Waals surface area contributed by atoms with Gasteiger partial charge in [-0.05, 0) is 31.7 Å². The van der Waals surface area contributed by atoms with Crippen molar-refractivity contribution in [3.8, 4) is 0 Å². The van der Waals surface area contributed by atoms with E-state index in [2.05, 4.69) is 21.1 Å². The first kappa shape index (κ1) is 12.2. The first-order valence-corrected chi connectivity index (χ1v) is 7.64. The van der Waals surface area contributed by atoms with Crippen LogP contribution >= 0.6 is 0 Å². The van der Waals surface area contributed by atoms with Crippen LogP contribution in [0.25, 0.3) is 0 Å². The summed E-state index contributed by atoms with van der Waals surface area (Å²) in [6.07, 6.45) is 14.0. The predicted octanol–water partition coefficient (Wildman–Crippen LogP) is 2.93. The summed E-state index contributed by atoms with van der Waals surface area (Å²) in [5, 5.41) is 3.45. The Morgan fingerprint density at radius 2 is 2.17 bits per heavy atom. The lowest BCUT2D eigenvalue weighted by atomic mass is 10.0. The third kappa shape index (κ3) is 2.77. The minimum absolute atomic E-state index is 0.694. The standard InChI is InChI=1S/C15H25N3/c1-2-5-13(4-1)6-3-9-18-12-17-11-15(18)14-7-8-16-10-14/h11-14,16H,1-10H2. The Labute approximate surface area is 110 Å². The van der Waals surface area contributed by atoms with Crippen molar-refractivity contribution in [2.24, 2.45) is 5.92 Å². The maximum atomic E-state index is 4.35. The highest BCUT2D eigenvalue weighted by Crippen LogP contribution is 2.29. The van der Waals surface area contributed by atoms with E-state index in [1.54, 1.807) is 0 Å². The number of nitrogens with one attached hydrogen (secondary N) is 1. The highest BCUT2D eigenvalue weighted by atomic mass is 15.1. The third-order valence-electron chi connectivity index (χ3n) is 4.71. The van der Waals surface area contributed by atoms with Crippen molar-refractivity contribution in [2.45, 2.75) is 57.4 Å². The fourth-order valence-corrected chi connectivity index (χ4v) is 3.61. The first-order valence-electron chi connectivity index (χ1n) is 7.64. The Kier molecular flexibility index (Phi) is 3.99. The second kappa shape index (κ2) is 5.87. The van der Waals surface area contributed by atoms with Crippen LogP contribution in [0.3, 0.4) is 0 Å². The molecule has 1 aliphatic heterocycles. The van der Waals surface area contributed by atoms with E-state index in [1.807, 2.05) is 6.33 Å². The van der Waals surface area contributed by atoms with Gasteiger partial charge in [0.1, 0.15) is 0 Å². The fraction of sp³-hybridized carbons (Fsp3) is 0.800. The van der Waals surface area contributed by atoms with Crippen LogP contribution < -0.4 is 5.32 Å². The molecule has 0 bridgehead atoms. The highest BCUT2D eigenvalue weighted by Gasteiger charge is 2.20. The largest absolute Gasteiger partial charge is 0.334 e. The number of aryl methyl sites for hydroxylation is 1. The highest BCUT2D eigenvalue weighted by molar-refractivity contribution is 5.09. The fourth-order valence-electron chi connectivity index (χ4n) is 3.61. The van der Waals surface area contributed by atoms with Gasteiger partial charge in [-0.2, -0.15) is 0 Å². The van der Waals surface area contributed by atoms with E-state index in [-0.39, 0.29) is 0 Å². The van der Waals surface area contributed by atoms with Crippen molar-refractivity contribution in [3.63, 3.8) is 0 Å². The molecule has 3 nitrogen and oxygen atoms in total. The van der Waals surface area contributed by atoms with E-state index >= 15 is 0 Å². The van der Waals surface area contributed by atoms with Gasteiger partial charge in [-0.15, -0.1) is 0 Å². The van der Waals surface area contributed by atoms with Crippen LogP contribution in [0.1, 0.15) is 56.6 Å². The first-order chi connectivity index (χ1) is 8.93. The van der Waals surface area contributed by atoms with Crippen LogP contribution in [0.4, 0.5) is 0 Å². The molecule has 1 aromatic heterocycles. The lowest BCUT2D eigenvalue weighted by Gasteiger charge is -2.14. The molecule has 2 aliphatic rings. The summed E-state index contributed by atoms with van der Waals surface area (Å²) in [5.74, 6) is 1.71. The molecule has 100 valence electrons. The maximum Gasteiger partial charge on any atom is 0.0948 e. The van der Waals surface area contributed by atoms with Crippen LogP contribution in [0.15, 0.2) is 12.5 Å². The summed E-state index contributed by atoms with van der Waals surface area (Å²) in [7, 11) is 0. The smallest absolute Gasteiger partial charge is 0.0948 e. The van der Waals surface area contributed by atoms with Crippen molar-refractivity contribution < 1.29 is 0 Å². The second-order valence-corrected chi connectivity index (χ2v) is 5.99. The van der Waals surface area contributed by atoms with Gasteiger partial charge in [-0.25, -0.2) is 4.98 Å². The zero-order valence-electron chi connectivity index (χ0n) is 11.3. The molecule has 0 radical (unpaired) electrons.